The maximum atomic E-state index is 11.1. The van der Waals surface area contributed by atoms with E-state index in [4.69, 9.17) is 0 Å². The van der Waals surface area contributed by atoms with Gasteiger partial charge in [-0.2, -0.15) is 0 Å². The van der Waals surface area contributed by atoms with Crippen LogP contribution < -0.4 is 5.32 Å². The van der Waals surface area contributed by atoms with E-state index < -0.39 is 0 Å². The number of aldehydes is 1. The summed E-state index contributed by atoms with van der Waals surface area (Å²) >= 11 is 0. The van der Waals surface area contributed by atoms with Crippen molar-refractivity contribution in [3.05, 3.63) is 0 Å². The average molecular weight is 213 g/mol. The van der Waals surface area contributed by atoms with Crippen molar-refractivity contribution in [2.75, 3.05) is 6.54 Å². The molecule has 0 aliphatic carbocycles. The standard InChI is InChI=1S/C12H23NO2/c1-2-13-12(15)10-8-6-4-3-5-7-9-11-14/h11H,2-10H2,1H3,(H,13,15). The van der Waals surface area contributed by atoms with Crippen LogP contribution in [0.4, 0.5) is 0 Å². The summed E-state index contributed by atoms with van der Waals surface area (Å²) in [5.74, 6) is 0.165. The molecule has 0 fully saturated rings. The van der Waals surface area contributed by atoms with Crippen LogP contribution in [0, 0.1) is 0 Å². The molecule has 0 aromatic carbocycles. The molecule has 0 spiro atoms. The minimum atomic E-state index is 0.165. The van der Waals surface area contributed by atoms with Crippen LogP contribution in [0.15, 0.2) is 0 Å². The van der Waals surface area contributed by atoms with Gasteiger partial charge >= 0.3 is 0 Å². The molecule has 88 valence electrons. The minimum Gasteiger partial charge on any atom is -0.356 e. The molecule has 3 nitrogen and oxygen atoms in total. The molecule has 0 aromatic rings. The summed E-state index contributed by atoms with van der Waals surface area (Å²) in [6.07, 6.45) is 8.95. The topological polar surface area (TPSA) is 46.2 Å². The van der Waals surface area contributed by atoms with Crippen LogP contribution in [-0.4, -0.2) is 18.7 Å². The Kier molecular flexibility index (Phi) is 10.6. The van der Waals surface area contributed by atoms with Gasteiger partial charge in [0.1, 0.15) is 6.29 Å². The Morgan fingerprint density at radius 3 is 2.27 bits per heavy atom. The molecule has 0 saturated carbocycles. The molecule has 0 heterocycles. The SMILES string of the molecule is CCNC(=O)CCCCCCCCC=O. The predicted octanol–water partition coefficient (Wildman–Crippen LogP) is 2.44. The summed E-state index contributed by atoms with van der Waals surface area (Å²) in [7, 11) is 0. The molecule has 15 heavy (non-hydrogen) atoms. The molecule has 1 N–H and O–H groups in total. The largest absolute Gasteiger partial charge is 0.356 e. The van der Waals surface area contributed by atoms with Crippen molar-refractivity contribution in [2.45, 2.75) is 58.3 Å². The van der Waals surface area contributed by atoms with Crippen molar-refractivity contribution in [3.63, 3.8) is 0 Å². The van der Waals surface area contributed by atoms with Crippen molar-refractivity contribution in [3.8, 4) is 0 Å². The number of nitrogens with one attached hydrogen (secondary N) is 1. The molecule has 0 saturated heterocycles. The van der Waals surface area contributed by atoms with Gasteiger partial charge in [0.2, 0.25) is 5.91 Å². The molecular weight excluding hydrogens is 190 g/mol. The first kappa shape index (κ1) is 14.1. The maximum Gasteiger partial charge on any atom is 0.219 e. The Labute approximate surface area is 92.6 Å². The Morgan fingerprint density at radius 1 is 1.07 bits per heavy atom. The zero-order valence-electron chi connectivity index (χ0n) is 9.76. The smallest absolute Gasteiger partial charge is 0.219 e. The normalized spacial score (nSPS) is 9.93. The number of unbranched alkanes of at least 4 members (excludes halogenated alkanes) is 6. The van der Waals surface area contributed by atoms with Crippen LogP contribution in [-0.2, 0) is 9.59 Å². The van der Waals surface area contributed by atoms with E-state index in [0.717, 1.165) is 38.5 Å². The summed E-state index contributed by atoms with van der Waals surface area (Å²) in [5.41, 5.74) is 0. The Morgan fingerprint density at radius 2 is 1.67 bits per heavy atom. The second-order valence-corrected chi connectivity index (χ2v) is 3.78. The van der Waals surface area contributed by atoms with Gasteiger partial charge in [-0.05, 0) is 19.8 Å². The van der Waals surface area contributed by atoms with Crippen molar-refractivity contribution in [1.29, 1.82) is 0 Å². The molecule has 0 aromatic heterocycles. The summed E-state index contributed by atoms with van der Waals surface area (Å²) < 4.78 is 0. The predicted molar refractivity (Wildman–Crippen MR) is 61.7 cm³/mol. The van der Waals surface area contributed by atoms with Crippen LogP contribution in [0.1, 0.15) is 58.3 Å². The summed E-state index contributed by atoms with van der Waals surface area (Å²) in [6.45, 7) is 2.66. The monoisotopic (exact) mass is 213 g/mol. The lowest BCUT2D eigenvalue weighted by atomic mass is 10.1. The highest BCUT2D eigenvalue weighted by Crippen LogP contribution is 2.07. The quantitative estimate of drug-likeness (QED) is 0.447. The fourth-order valence-electron chi connectivity index (χ4n) is 1.51. The number of hydrogen-bond acceptors (Lipinski definition) is 2. The van der Waals surface area contributed by atoms with E-state index in [1.54, 1.807) is 0 Å². The van der Waals surface area contributed by atoms with Crippen LogP contribution in [0.25, 0.3) is 0 Å². The number of carbonyl (C=O) groups is 2. The fourth-order valence-corrected chi connectivity index (χ4v) is 1.51. The maximum absolute atomic E-state index is 11.1. The van der Waals surface area contributed by atoms with Crippen molar-refractivity contribution < 1.29 is 9.59 Å². The van der Waals surface area contributed by atoms with Gasteiger partial charge in [0.05, 0.1) is 0 Å². The molecule has 0 aliphatic rings. The summed E-state index contributed by atoms with van der Waals surface area (Å²) in [4.78, 5) is 21.1. The van der Waals surface area contributed by atoms with Crippen LogP contribution >= 0.6 is 0 Å². The van der Waals surface area contributed by atoms with Gasteiger partial charge in [-0.15, -0.1) is 0 Å². The molecule has 0 radical (unpaired) electrons. The van der Waals surface area contributed by atoms with Gasteiger partial charge in [-0.3, -0.25) is 4.79 Å². The molecule has 0 rings (SSSR count). The molecular formula is C12H23NO2. The molecule has 0 aliphatic heterocycles. The number of carbonyl (C=O) groups excluding carboxylic acids is 2. The van der Waals surface area contributed by atoms with E-state index in [-0.39, 0.29) is 5.91 Å². The molecule has 0 unspecified atom stereocenters. The van der Waals surface area contributed by atoms with Gasteiger partial charge in [-0.25, -0.2) is 0 Å². The van der Waals surface area contributed by atoms with E-state index in [0.29, 0.717) is 12.8 Å². The third-order valence-electron chi connectivity index (χ3n) is 2.35. The lowest BCUT2D eigenvalue weighted by Gasteiger charge is -2.02. The van der Waals surface area contributed by atoms with Crippen LogP contribution in [0.2, 0.25) is 0 Å². The first-order chi connectivity index (χ1) is 7.31. The van der Waals surface area contributed by atoms with Crippen LogP contribution in [0.3, 0.4) is 0 Å². The van der Waals surface area contributed by atoms with Gasteiger partial charge in [0.15, 0.2) is 0 Å². The number of amides is 1. The van der Waals surface area contributed by atoms with Crippen molar-refractivity contribution in [2.24, 2.45) is 0 Å². The first-order valence-corrected chi connectivity index (χ1v) is 6.01. The zero-order valence-corrected chi connectivity index (χ0v) is 9.76. The fraction of sp³-hybridized carbons (Fsp3) is 0.833. The summed E-state index contributed by atoms with van der Waals surface area (Å²) in [6, 6.07) is 0. The zero-order chi connectivity index (χ0) is 11.4. The van der Waals surface area contributed by atoms with E-state index in [9.17, 15) is 9.59 Å². The number of rotatable bonds is 10. The minimum absolute atomic E-state index is 0.165. The van der Waals surface area contributed by atoms with Crippen molar-refractivity contribution >= 4 is 12.2 Å². The van der Waals surface area contributed by atoms with Crippen molar-refractivity contribution in [1.82, 2.24) is 5.32 Å². The van der Waals surface area contributed by atoms with Gasteiger partial charge < -0.3 is 10.1 Å². The Hall–Kier alpha value is -0.860. The first-order valence-electron chi connectivity index (χ1n) is 6.01. The second-order valence-electron chi connectivity index (χ2n) is 3.78. The molecule has 1 amide bonds. The third-order valence-corrected chi connectivity index (χ3v) is 2.35. The average Bonchev–Trinajstić information content (AvgIpc) is 2.22. The second kappa shape index (κ2) is 11.2. The van der Waals surface area contributed by atoms with E-state index >= 15 is 0 Å². The van der Waals surface area contributed by atoms with Gasteiger partial charge in [0, 0.05) is 19.4 Å². The van der Waals surface area contributed by atoms with E-state index in [1.165, 1.54) is 12.8 Å². The van der Waals surface area contributed by atoms with Crippen LogP contribution in [0.5, 0.6) is 0 Å². The lowest BCUT2D eigenvalue weighted by molar-refractivity contribution is -0.121. The Bertz CT molecular complexity index is 169. The summed E-state index contributed by atoms with van der Waals surface area (Å²) in [5, 5.41) is 2.79. The highest BCUT2D eigenvalue weighted by Gasteiger charge is 1.98. The molecule has 3 heteroatoms. The van der Waals surface area contributed by atoms with Gasteiger partial charge in [-0.1, -0.05) is 25.7 Å². The van der Waals surface area contributed by atoms with Gasteiger partial charge in [0.25, 0.3) is 0 Å². The highest BCUT2D eigenvalue weighted by molar-refractivity contribution is 5.75. The molecule has 0 bridgehead atoms. The number of hydrogen-bond donors (Lipinski definition) is 1. The third kappa shape index (κ3) is 11.1. The molecule has 0 atom stereocenters. The van der Waals surface area contributed by atoms with E-state index in [1.807, 2.05) is 6.92 Å². The van der Waals surface area contributed by atoms with E-state index in [2.05, 4.69) is 5.32 Å². The highest BCUT2D eigenvalue weighted by atomic mass is 16.1. The Balaban J connectivity index is 3.04. The lowest BCUT2D eigenvalue weighted by Crippen LogP contribution is -2.21.